The van der Waals surface area contributed by atoms with E-state index in [0.29, 0.717) is 19.6 Å². The van der Waals surface area contributed by atoms with Crippen molar-refractivity contribution in [3.8, 4) is 6.07 Å². The lowest BCUT2D eigenvalue weighted by Gasteiger charge is -2.35. The van der Waals surface area contributed by atoms with Gasteiger partial charge in [0, 0.05) is 6.61 Å². The van der Waals surface area contributed by atoms with Gasteiger partial charge in [-0.25, -0.2) is 0 Å². The second-order valence-electron chi connectivity index (χ2n) is 5.25. The number of benzene rings is 1. The molecule has 1 aliphatic heterocycles. The van der Waals surface area contributed by atoms with Gasteiger partial charge in [0.15, 0.2) is 0 Å². The number of hydrogen-bond donors (Lipinski definition) is 1. The zero-order valence-corrected chi connectivity index (χ0v) is 10.9. The zero-order chi connectivity index (χ0) is 13.2. The van der Waals surface area contributed by atoms with Crippen LogP contribution in [0.3, 0.4) is 0 Å². The van der Waals surface area contributed by atoms with Crippen molar-refractivity contribution in [1.29, 1.82) is 5.26 Å². The Balaban J connectivity index is 2.34. The molecule has 0 amide bonds. The third-order valence-electron chi connectivity index (χ3n) is 3.58. The summed E-state index contributed by atoms with van der Waals surface area (Å²) in [7, 11) is 0. The van der Waals surface area contributed by atoms with E-state index in [1.807, 2.05) is 26.0 Å². The fourth-order valence-electron chi connectivity index (χ4n) is 2.67. The minimum atomic E-state index is -0.793. The van der Waals surface area contributed by atoms with Crippen molar-refractivity contribution >= 4 is 0 Å². The number of aryl methyl sites for hydroxylation is 2. The van der Waals surface area contributed by atoms with Crippen LogP contribution in [0.25, 0.3) is 0 Å². The van der Waals surface area contributed by atoms with Crippen LogP contribution in [-0.4, -0.2) is 18.3 Å². The van der Waals surface area contributed by atoms with Crippen LogP contribution in [0.15, 0.2) is 18.2 Å². The highest BCUT2D eigenvalue weighted by Crippen LogP contribution is 2.40. The quantitative estimate of drug-likeness (QED) is 0.871. The van der Waals surface area contributed by atoms with E-state index in [-0.39, 0.29) is 0 Å². The first kappa shape index (κ1) is 13.1. The Bertz CT molecular complexity index is 450. The van der Waals surface area contributed by atoms with Gasteiger partial charge >= 0.3 is 0 Å². The third kappa shape index (κ3) is 2.40. The molecule has 0 radical (unpaired) electrons. The summed E-state index contributed by atoms with van der Waals surface area (Å²) in [4.78, 5) is 0. The van der Waals surface area contributed by atoms with Crippen LogP contribution in [0.5, 0.6) is 0 Å². The monoisotopic (exact) mass is 245 g/mol. The summed E-state index contributed by atoms with van der Waals surface area (Å²) in [5.74, 6) is 0. The molecular weight excluding hydrogens is 226 g/mol. The van der Waals surface area contributed by atoms with E-state index in [9.17, 15) is 10.4 Å². The van der Waals surface area contributed by atoms with E-state index in [2.05, 4.69) is 12.1 Å². The first-order valence-electron chi connectivity index (χ1n) is 6.33. The number of ether oxygens (including phenoxy) is 1. The summed E-state index contributed by atoms with van der Waals surface area (Å²) in [5, 5.41) is 20.0. The third-order valence-corrected chi connectivity index (χ3v) is 3.58. The Kier molecular flexibility index (Phi) is 3.70. The summed E-state index contributed by atoms with van der Waals surface area (Å²) < 4.78 is 5.40. The number of hydrogen-bond acceptors (Lipinski definition) is 3. The van der Waals surface area contributed by atoms with Crippen LogP contribution < -0.4 is 0 Å². The molecule has 3 heteroatoms. The molecule has 1 N–H and O–H groups in total. The van der Waals surface area contributed by atoms with Gasteiger partial charge < -0.3 is 9.84 Å². The fraction of sp³-hybridized carbons (Fsp3) is 0.533. The SMILES string of the molecule is Cc1cc(C)cc(C(O)C2(C#N)CCCOC2)c1. The lowest BCUT2D eigenvalue weighted by atomic mass is 9.76. The summed E-state index contributed by atoms with van der Waals surface area (Å²) in [6.45, 7) is 5.00. The Morgan fingerprint density at radius 3 is 2.50 bits per heavy atom. The van der Waals surface area contributed by atoms with Gasteiger partial charge in [-0.1, -0.05) is 29.3 Å². The highest BCUT2D eigenvalue weighted by Gasteiger charge is 2.41. The van der Waals surface area contributed by atoms with Crippen molar-refractivity contribution in [3.63, 3.8) is 0 Å². The Morgan fingerprint density at radius 2 is 2.00 bits per heavy atom. The molecule has 2 rings (SSSR count). The zero-order valence-electron chi connectivity index (χ0n) is 10.9. The molecule has 1 heterocycles. The van der Waals surface area contributed by atoms with E-state index in [1.165, 1.54) is 0 Å². The van der Waals surface area contributed by atoms with Crippen molar-refractivity contribution in [2.75, 3.05) is 13.2 Å². The first-order chi connectivity index (χ1) is 8.57. The van der Waals surface area contributed by atoms with E-state index in [4.69, 9.17) is 4.74 Å². The average Bonchev–Trinajstić information content (AvgIpc) is 2.37. The molecule has 1 aromatic carbocycles. The first-order valence-corrected chi connectivity index (χ1v) is 6.33. The minimum absolute atomic E-state index is 0.317. The molecule has 0 saturated carbocycles. The Hall–Kier alpha value is -1.37. The number of nitriles is 1. The lowest BCUT2D eigenvalue weighted by molar-refractivity contribution is -0.0506. The lowest BCUT2D eigenvalue weighted by Crippen LogP contribution is -2.36. The molecule has 0 bridgehead atoms. The van der Waals surface area contributed by atoms with Gasteiger partial charge in [0.1, 0.15) is 5.41 Å². The minimum Gasteiger partial charge on any atom is -0.387 e. The second-order valence-corrected chi connectivity index (χ2v) is 5.25. The molecule has 2 atom stereocenters. The summed E-state index contributed by atoms with van der Waals surface area (Å²) in [6.07, 6.45) is 0.744. The molecule has 1 saturated heterocycles. The standard InChI is InChI=1S/C15H19NO2/c1-11-6-12(2)8-13(7-11)14(17)15(9-16)4-3-5-18-10-15/h6-8,14,17H,3-5,10H2,1-2H3. The van der Waals surface area contributed by atoms with Gasteiger partial charge in [0.05, 0.1) is 18.8 Å². The Morgan fingerprint density at radius 1 is 1.33 bits per heavy atom. The number of aliphatic hydroxyl groups is 1. The van der Waals surface area contributed by atoms with Gasteiger partial charge in [0.2, 0.25) is 0 Å². The molecule has 0 aromatic heterocycles. The molecule has 1 aromatic rings. The summed E-state index contributed by atoms with van der Waals surface area (Å²) in [6, 6.07) is 8.24. The maximum Gasteiger partial charge on any atom is 0.111 e. The van der Waals surface area contributed by atoms with Crippen molar-refractivity contribution in [1.82, 2.24) is 0 Å². The Labute approximate surface area is 108 Å². The van der Waals surface area contributed by atoms with Crippen LogP contribution in [-0.2, 0) is 4.74 Å². The molecule has 1 fully saturated rings. The van der Waals surface area contributed by atoms with Gasteiger partial charge in [-0.2, -0.15) is 5.26 Å². The van der Waals surface area contributed by atoms with Gasteiger partial charge in [-0.3, -0.25) is 0 Å². The summed E-state index contributed by atoms with van der Waals surface area (Å²) in [5.41, 5.74) is 2.24. The van der Waals surface area contributed by atoms with Gasteiger partial charge in [-0.05, 0) is 32.3 Å². The maximum atomic E-state index is 10.5. The molecule has 3 nitrogen and oxygen atoms in total. The predicted molar refractivity (Wildman–Crippen MR) is 69.0 cm³/mol. The number of rotatable bonds is 2. The van der Waals surface area contributed by atoms with Crippen molar-refractivity contribution in [3.05, 3.63) is 34.9 Å². The highest BCUT2D eigenvalue weighted by molar-refractivity contribution is 5.32. The second kappa shape index (κ2) is 5.09. The van der Waals surface area contributed by atoms with Gasteiger partial charge in [0.25, 0.3) is 0 Å². The molecule has 0 aliphatic carbocycles. The smallest absolute Gasteiger partial charge is 0.111 e. The molecule has 2 unspecified atom stereocenters. The van der Waals surface area contributed by atoms with Gasteiger partial charge in [-0.15, -0.1) is 0 Å². The van der Waals surface area contributed by atoms with Crippen LogP contribution in [0.2, 0.25) is 0 Å². The van der Waals surface area contributed by atoms with Crippen LogP contribution in [0.1, 0.15) is 35.6 Å². The fourth-order valence-corrected chi connectivity index (χ4v) is 2.67. The topological polar surface area (TPSA) is 53.2 Å². The molecule has 18 heavy (non-hydrogen) atoms. The highest BCUT2D eigenvalue weighted by atomic mass is 16.5. The van der Waals surface area contributed by atoms with Crippen LogP contribution >= 0.6 is 0 Å². The van der Waals surface area contributed by atoms with Crippen molar-refractivity contribution in [2.24, 2.45) is 5.41 Å². The van der Waals surface area contributed by atoms with Crippen LogP contribution in [0.4, 0.5) is 0 Å². The molecule has 96 valence electrons. The van der Waals surface area contributed by atoms with E-state index in [1.54, 1.807) is 0 Å². The molecule has 1 aliphatic rings. The van der Waals surface area contributed by atoms with Crippen molar-refractivity contribution in [2.45, 2.75) is 32.8 Å². The number of aliphatic hydroxyl groups excluding tert-OH is 1. The molecular formula is C15H19NO2. The van der Waals surface area contributed by atoms with E-state index in [0.717, 1.165) is 23.1 Å². The van der Waals surface area contributed by atoms with E-state index >= 15 is 0 Å². The normalized spacial score (nSPS) is 25.4. The number of nitrogens with zero attached hydrogens (tertiary/aromatic N) is 1. The largest absolute Gasteiger partial charge is 0.387 e. The predicted octanol–water partition coefficient (Wildman–Crippen LogP) is 2.66. The van der Waals surface area contributed by atoms with E-state index < -0.39 is 11.5 Å². The molecule has 0 spiro atoms. The summed E-state index contributed by atoms with van der Waals surface area (Å²) >= 11 is 0. The maximum absolute atomic E-state index is 10.5. The van der Waals surface area contributed by atoms with Crippen molar-refractivity contribution < 1.29 is 9.84 Å². The average molecular weight is 245 g/mol. The van der Waals surface area contributed by atoms with Crippen LogP contribution in [0, 0.1) is 30.6 Å².